The van der Waals surface area contributed by atoms with Crippen LogP contribution in [0.4, 0.5) is 0 Å². The molecule has 2 aliphatic carbocycles. The summed E-state index contributed by atoms with van der Waals surface area (Å²) in [5.41, 5.74) is 3.07. The van der Waals surface area contributed by atoms with Crippen molar-refractivity contribution in [1.82, 2.24) is 5.32 Å². The van der Waals surface area contributed by atoms with Crippen molar-refractivity contribution in [3.05, 3.63) is 35.4 Å². The lowest BCUT2D eigenvalue weighted by atomic mass is 9.78. The van der Waals surface area contributed by atoms with Crippen LogP contribution in [-0.2, 0) is 11.2 Å². The van der Waals surface area contributed by atoms with E-state index in [1.807, 2.05) is 0 Å². The summed E-state index contributed by atoms with van der Waals surface area (Å²) >= 11 is 0. The smallest absolute Gasteiger partial charge is 0.0591 e. The molecule has 1 saturated carbocycles. The Morgan fingerprint density at radius 3 is 2.94 bits per heavy atom. The van der Waals surface area contributed by atoms with E-state index < -0.39 is 0 Å². The van der Waals surface area contributed by atoms with Crippen molar-refractivity contribution >= 4 is 0 Å². The largest absolute Gasteiger partial charge is 0.380 e. The summed E-state index contributed by atoms with van der Waals surface area (Å²) in [6.07, 6.45) is 4.00. The minimum absolute atomic E-state index is 0.731. The molecule has 1 N–H and O–H groups in total. The van der Waals surface area contributed by atoms with Gasteiger partial charge in [-0.1, -0.05) is 24.3 Å². The van der Waals surface area contributed by atoms with E-state index in [2.05, 4.69) is 29.6 Å². The SMILES string of the molecule is c1ccc2c(c1)CC2CNCCOCC1CC1. The average molecular weight is 231 g/mol. The first-order valence-corrected chi connectivity index (χ1v) is 6.80. The van der Waals surface area contributed by atoms with Gasteiger partial charge in [-0.15, -0.1) is 0 Å². The van der Waals surface area contributed by atoms with Crippen molar-refractivity contribution < 1.29 is 4.74 Å². The van der Waals surface area contributed by atoms with Crippen LogP contribution in [0.5, 0.6) is 0 Å². The van der Waals surface area contributed by atoms with Crippen LogP contribution in [0.3, 0.4) is 0 Å². The molecule has 0 bridgehead atoms. The van der Waals surface area contributed by atoms with Crippen LogP contribution in [0.1, 0.15) is 29.9 Å². The first kappa shape index (κ1) is 11.2. The molecule has 1 atom stereocenters. The number of hydrogen-bond acceptors (Lipinski definition) is 2. The molecule has 0 radical (unpaired) electrons. The number of hydrogen-bond donors (Lipinski definition) is 1. The van der Waals surface area contributed by atoms with Gasteiger partial charge in [0.1, 0.15) is 0 Å². The normalized spacial score (nSPS) is 22.0. The Hall–Kier alpha value is -0.860. The highest BCUT2D eigenvalue weighted by Crippen LogP contribution is 2.33. The molecule has 92 valence electrons. The Morgan fingerprint density at radius 2 is 2.12 bits per heavy atom. The second-order valence-electron chi connectivity index (χ2n) is 5.32. The van der Waals surface area contributed by atoms with Gasteiger partial charge in [-0.05, 0) is 36.3 Å². The van der Waals surface area contributed by atoms with Gasteiger partial charge < -0.3 is 10.1 Å². The molecular formula is C15H21NO. The molecule has 1 unspecified atom stereocenters. The summed E-state index contributed by atoms with van der Waals surface area (Å²) in [5.74, 6) is 1.61. The predicted molar refractivity (Wildman–Crippen MR) is 69.3 cm³/mol. The maximum Gasteiger partial charge on any atom is 0.0591 e. The molecule has 0 aliphatic heterocycles. The van der Waals surface area contributed by atoms with E-state index in [0.29, 0.717) is 0 Å². The second kappa shape index (κ2) is 5.19. The van der Waals surface area contributed by atoms with Crippen LogP contribution in [0.15, 0.2) is 24.3 Å². The highest BCUT2D eigenvalue weighted by Gasteiger charge is 2.24. The van der Waals surface area contributed by atoms with Crippen molar-refractivity contribution in [3.8, 4) is 0 Å². The lowest BCUT2D eigenvalue weighted by Crippen LogP contribution is -2.31. The summed E-state index contributed by atoms with van der Waals surface area (Å²) in [6, 6.07) is 8.78. The highest BCUT2D eigenvalue weighted by atomic mass is 16.5. The summed E-state index contributed by atoms with van der Waals surface area (Å²) < 4.78 is 5.60. The van der Waals surface area contributed by atoms with Gasteiger partial charge in [0.05, 0.1) is 6.61 Å². The molecule has 3 rings (SSSR count). The van der Waals surface area contributed by atoms with Gasteiger partial charge in [-0.3, -0.25) is 0 Å². The zero-order chi connectivity index (χ0) is 11.5. The maximum atomic E-state index is 5.60. The second-order valence-corrected chi connectivity index (χ2v) is 5.32. The van der Waals surface area contributed by atoms with Crippen molar-refractivity contribution in [2.24, 2.45) is 5.92 Å². The maximum absolute atomic E-state index is 5.60. The van der Waals surface area contributed by atoms with Crippen molar-refractivity contribution in [2.45, 2.75) is 25.2 Å². The van der Waals surface area contributed by atoms with E-state index in [1.54, 1.807) is 5.56 Å². The van der Waals surface area contributed by atoms with Gasteiger partial charge in [0.25, 0.3) is 0 Å². The Balaban J connectivity index is 1.28. The predicted octanol–water partition coefficient (Wildman–Crippen LogP) is 2.34. The summed E-state index contributed by atoms with van der Waals surface area (Å²) in [5, 5.41) is 3.50. The van der Waals surface area contributed by atoms with Crippen molar-refractivity contribution in [2.75, 3.05) is 26.3 Å². The molecule has 17 heavy (non-hydrogen) atoms. The first-order chi connectivity index (χ1) is 8.43. The van der Waals surface area contributed by atoms with E-state index in [1.165, 1.54) is 24.8 Å². The quantitative estimate of drug-likeness (QED) is 0.727. The van der Waals surface area contributed by atoms with Crippen LogP contribution >= 0.6 is 0 Å². The minimum Gasteiger partial charge on any atom is -0.380 e. The van der Waals surface area contributed by atoms with E-state index in [4.69, 9.17) is 4.74 Å². The molecule has 1 fully saturated rings. The van der Waals surface area contributed by atoms with Crippen molar-refractivity contribution in [1.29, 1.82) is 0 Å². The Labute approximate surface area is 103 Å². The van der Waals surface area contributed by atoms with Gasteiger partial charge in [0.15, 0.2) is 0 Å². The van der Waals surface area contributed by atoms with Crippen LogP contribution in [-0.4, -0.2) is 26.3 Å². The number of benzene rings is 1. The number of rotatable bonds is 7. The summed E-state index contributed by atoms with van der Waals surface area (Å²) in [4.78, 5) is 0. The fourth-order valence-electron chi connectivity index (χ4n) is 2.50. The van der Waals surface area contributed by atoms with E-state index >= 15 is 0 Å². The zero-order valence-corrected chi connectivity index (χ0v) is 10.3. The Bertz CT molecular complexity index is 373. The average Bonchev–Trinajstić information content (AvgIpc) is 3.12. The molecule has 0 aromatic heterocycles. The van der Waals surface area contributed by atoms with Crippen LogP contribution in [0, 0.1) is 5.92 Å². The van der Waals surface area contributed by atoms with E-state index in [9.17, 15) is 0 Å². The highest BCUT2D eigenvalue weighted by molar-refractivity contribution is 5.40. The van der Waals surface area contributed by atoms with Gasteiger partial charge in [-0.2, -0.15) is 0 Å². The molecule has 2 aliphatic rings. The molecule has 0 amide bonds. The third-order valence-corrected chi connectivity index (χ3v) is 3.83. The molecule has 0 saturated heterocycles. The third-order valence-electron chi connectivity index (χ3n) is 3.83. The van der Waals surface area contributed by atoms with Gasteiger partial charge in [-0.25, -0.2) is 0 Å². The van der Waals surface area contributed by atoms with Gasteiger partial charge in [0, 0.05) is 25.6 Å². The van der Waals surface area contributed by atoms with Crippen LogP contribution in [0.25, 0.3) is 0 Å². The van der Waals surface area contributed by atoms with E-state index in [-0.39, 0.29) is 0 Å². The molecular weight excluding hydrogens is 210 g/mol. The molecule has 1 aromatic rings. The van der Waals surface area contributed by atoms with Crippen LogP contribution in [0.2, 0.25) is 0 Å². The standard InChI is InChI=1S/C15H21NO/c1-2-4-15-13(3-1)9-14(15)10-16-7-8-17-11-12-5-6-12/h1-4,12,14,16H,5-11H2. The summed E-state index contributed by atoms with van der Waals surface area (Å²) in [6.45, 7) is 3.94. The first-order valence-electron chi connectivity index (χ1n) is 6.80. The number of ether oxygens (including phenoxy) is 1. The minimum atomic E-state index is 0.731. The Morgan fingerprint density at radius 1 is 1.24 bits per heavy atom. The topological polar surface area (TPSA) is 21.3 Å². The molecule has 2 nitrogen and oxygen atoms in total. The molecule has 0 spiro atoms. The fourth-order valence-corrected chi connectivity index (χ4v) is 2.50. The summed E-state index contributed by atoms with van der Waals surface area (Å²) in [7, 11) is 0. The Kier molecular flexibility index (Phi) is 3.44. The monoisotopic (exact) mass is 231 g/mol. The van der Waals surface area contributed by atoms with Gasteiger partial charge >= 0.3 is 0 Å². The van der Waals surface area contributed by atoms with Gasteiger partial charge in [0.2, 0.25) is 0 Å². The molecule has 0 heterocycles. The lowest BCUT2D eigenvalue weighted by Gasteiger charge is -2.30. The zero-order valence-electron chi connectivity index (χ0n) is 10.3. The molecule has 1 aromatic carbocycles. The lowest BCUT2D eigenvalue weighted by molar-refractivity contribution is 0.126. The third kappa shape index (κ3) is 2.88. The number of nitrogens with one attached hydrogen (secondary N) is 1. The number of fused-ring (bicyclic) bond motifs is 1. The van der Waals surface area contributed by atoms with Crippen molar-refractivity contribution in [3.63, 3.8) is 0 Å². The van der Waals surface area contributed by atoms with Crippen LogP contribution < -0.4 is 5.32 Å². The molecule has 2 heteroatoms. The van der Waals surface area contributed by atoms with E-state index in [0.717, 1.165) is 38.1 Å². The fraction of sp³-hybridized carbons (Fsp3) is 0.600.